The highest BCUT2D eigenvalue weighted by molar-refractivity contribution is 8.00. The first-order chi connectivity index (χ1) is 6.83. The van der Waals surface area contributed by atoms with E-state index >= 15 is 0 Å². The summed E-state index contributed by atoms with van der Waals surface area (Å²) in [4.78, 5) is 0. The zero-order valence-corrected chi connectivity index (χ0v) is 9.91. The highest BCUT2D eigenvalue weighted by atomic mass is 32.2. The Morgan fingerprint density at radius 3 is 2.79 bits per heavy atom. The highest BCUT2D eigenvalue weighted by Gasteiger charge is 2.16. The maximum absolute atomic E-state index is 5.18. The molecule has 1 unspecified atom stereocenters. The fourth-order valence-electron chi connectivity index (χ4n) is 1.93. The number of rotatable bonds is 5. The fraction of sp³-hybridized carbons (Fsp3) is 0.833. The van der Waals surface area contributed by atoms with E-state index in [0.717, 1.165) is 11.8 Å². The summed E-state index contributed by atoms with van der Waals surface area (Å²) in [7, 11) is 0. The SMILES string of the molecule is C#CCNCC(C)SC1CCCCC1. The second-order valence-electron chi connectivity index (χ2n) is 4.04. The molecule has 0 aromatic heterocycles. The summed E-state index contributed by atoms with van der Waals surface area (Å²) in [6, 6.07) is 0. The van der Waals surface area contributed by atoms with Gasteiger partial charge >= 0.3 is 0 Å². The lowest BCUT2D eigenvalue weighted by Crippen LogP contribution is -2.25. The minimum atomic E-state index is 0.700. The second kappa shape index (κ2) is 7.20. The maximum atomic E-state index is 5.18. The van der Waals surface area contributed by atoms with Gasteiger partial charge < -0.3 is 5.32 Å². The van der Waals surface area contributed by atoms with Crippen molar-refractivity contribution in [1.29, 1.82) is 0 Å². The Hall–Kier alpha value is -0.130. The Labute approximate surface area is 92.4 Å². The Balaban J connectivity index is 2.06. The third-order valence-electron chi connectivity index (χ3n) is 2.64. The first kappa shape index (κ1) is 11.9. The molecule has 0 amide bonds. The van der Waals surface area contributed by atoms with Crippen molar-refractivity contribution in [3.63, 3.8) is 0 Å². The Morgan fingerprint density at radius 2 is 2.14 bits per heavy atom. The quantitative estimate of drug-likeness (QED) is 0.554. The van der Waals surface area contributed by atoms with Crippen molar-refractivity contribution in [3.05, 3.63) is 0 Å². The molecule has 14 heavy (non-hydrogen) atoms. The van der Waals surface area contributed by atoms with Crippen LogP contribution in [0.15, 0.2) is 0 Å². The first-order valence-corrected chi connectivity index (χ1v) is 6.57. The molecule has 1 aliphatic rings. The van der Waals surface area contributed by atoms with Crippen LogP contribution in [0.1, 0.15) is 39.0 Å². The molecule has 1 rings (SSSR count). The van der Waals surface area contributed by atoms with Gasteiger partial charge in [0.15, 0.2) is 0 Å². The molecular formula is C12H21NS. The molecule has 1 N–H and O–H groups in total. The minimum Gasteiger partial charge on any atom is -0.305 e. The van der Waals surface area contributed by atoms with Crippen LogP contribution in [0.3, 0.4) is 0 Å². The Bertz CT molecular complexity index is 179. The number of terminal acetylenes is 1. The van der Waals surface area contributed by atoms with Crippen LogP contribution in [-0.4, -0.2) is 23.6 Å². The van der Waals surface area contributed by atoms with Crippen LogP contribution >= 0.6 is 11.8 Å². The number of thioether (sulfide) groups is 1. The molecule has 0 saturated heterocycles. The fourth-order valence-corrected chi connectivity index (χ4v) is 3.40. The van der Waals surface area contributed by atoms with Gasteiger partial charge in [0.05, 0.1) is 6.54 Å². The zero-order valence-electron chi connectivity index (χ0n) is 9.09. The van der Waals surface area contributed by atoms with Crippen LogP contribution in [0, 0.1) is 12.3 Å². The van der Waals surface area contributed by atoms with E-state index in [1.54, 1.807) is 0 Å². The number of hydrogen-bond acceptors (Lipinski definition) is 2. The van der Waals surface area contributed by atoms with Gasteiger partial charge in [0.2, 0.25) is 0 Å². The van der Waals surface area contributed by atoms with Gasteiger partial charge in [-0.25, -0.2) is 0 Å². The molecule has 1 nitrogen and oxygen atoms in total. The van der Waals surface area contributed by atoms with Gasteiger partial charge in [0, 0.05) is 17.0 Å². The van der Waals surface area contributed by atoms with Crippen LogP contribution < -0.4 is 5.32 Å². The van der Waals surface area contributed by atoms with Crippen LogP contribution in [0.5, 0.6) is 0 Å². The molecule has 0 radical (unpaired) electrons. The van der Waals surface area contributed by atoms with Crippen LogP contribution in [-0.2, 0) is 0 Å². The van der Waals surface area contributed by atoms with E-state index in [-0.39, 0.29) is 0 Å². The summed E-state index contributed by atoms with van der Waals surface area (Å²) in [6.45, 7) is 4.05. The van der Waals surface area contributed by atoms with Crippen LogP contribution in [0.25, 0.3) is 0 Å². The van der Waals surface area contributed by atoms with Gasteiger partial charge in [-0.05, 0) is 12.8 Å². The molecule has 0 heterocycles. The minimum absolute atomic E-state index is 0.700. The third-order valence-corrected chi connectivity index (χ3v) is 4.12. The van der Waals surface area contributed by atoms with Gasteiger partial charge in [-0.3, -0.25) is 0 Å². The molecule has 1 atom stereocenters. The maximum Gasteiger partial charge on any atom is 0.0574 e. The lowest BCUT2D eigenvalue weighted by molar-refractivity contribution is 0.514. The molecule has 2 heteroatoms. The predicted octanol–water partition coefficient (Wildman–Crippen LogP) is 2.66. The van der Waals surface area contributed by atoms with E-state index in [2.05, 4.69) is 29.9 Å². The molecule has 0 aromatic carbocycles. The molecule has 0 aliphatic heterocycles. The van der Waals surface area contributed by atoms with Crippen LogP contribution in [0.2, 0.25) is 0 Å². The third kappa shape index (κ3) is 4.93. The normalized spacial score (nSPS) is 20.3. The second-order valence-corrected chi connectivity index (χ2v) is 5.79. The van der Waals surface area contributed by atoms with Gasteiger partial charge in [-0.15, -0.1) is 6.42 Å². The van der Waals surface area contributed by atoms with Gasteiger partial charge in [0.1, 0.15) is 0 Å². The summed E-state index contributed by atoms with van der Waals surface area (Å²) >= 11 is 2.14. The van der Waals surface area contributed by atoms with Crippen molar-refractivity contribution in [3.8, 4) is 12.3 Å². The average molecular weight is 211 g/mol. The number of nitrogens with one attached hydrogen (secondary N) is 1. The van der Waals surface area contributed by atoms with Crippen LogP contribution in [0.4, 0.5) is 0 Å². The van der Waals surface area contributed by atoms with E-state index in [9.17, 15) is 0 Å². The highest BCUT2D eigenvalue weighted by Crippen LogP contribution is 2.30. The van der Waals surface area contributed by atoms with Crippen molar-refractivity contribution < 1.29 is 0 Å². The Kier molecular flexibility index (Phi) is 6.14. The van der Waals surface area contributed by atoms with Crippen molar-refractivity contribution in [2.75, 3.05) is 13.1 Å². The monoisotopic (exact) mass is 211 g/mol. The summed E-state index contributed by atoms with van der Waals surface area (Å²) < 4.78 is 0. The van der Waals surface area contributed by atoms with E-state index < -0.39 is 0 Å². The van der Waals surface area contributed by atoms with E-state index in [1.807, 2.05) is 0 Å². The van der Waals surface area contributed by atoms with E-state index in [0.29, 0.717) is 11.8 Å². The standard InChI is InChI=1S/C12H21NS/c1-3-9-13-10-11(2)14-12-7-5-4-6-8-12/h1,11-13H,4-10H2,2H3. The smallest absolute Gasteiger partial charge is 0.0574 e. The topological polar surface area (TPSA) is 12.0 Å². The first-order valence-electron chi connectivity index (χ1n) is 5.62. The van der Waals surface area contributed by atoms with E-state index in [1.165, 1.54) is 32.1 Å². The van der Waals surface area contributed by atoms with Gasteiger partial charge in [-0.2, -0.15) is 11.8 Å². The van der Waals surface area contributed by atoms with Gasteiger partial charge in [-0.1, -0.05) is 32.1 Å². The largest absolute Gasteiger partial charge is 0.305 e. The molecule has 0 bridgehead atoms. The van der Waals surface area contributed by atoms with Gasteiger partial charge in [0.25, 0.3) is 0 Å². The molecule has 1 saturated carbocycles. The Morgan fingerprint density at radius 1 is 1.43 bits per heavy atom. The predicted molar refractivity (Wildman–Crippen MR) is 65.6 cm³/mol. The molecule has 0 spiro atoms. The van der Waals surface area contributed by atoms with Crippen molar-refractivity contribution in [2.24, 2.45) is 0 Å². The van der Waals surface area contributed by atoms with Crippen molar-refractivity contribution in [1.82, 2.24) is 5.32 Å². The average Bonchev–Trinajstić information content (AvgIpc) is 2.20. The summed E-state index contributed by atoms with van der Waals surface area (Å²) in [5.41, 5.74) is 0. The number of hydrogen-bond donors (Lipinski definition) is 1. The lowest BCUT2D eigenvalue weighted by Gasteiger charge is -2.24. The lowest BCUT2D eigenvalue weighted by atomic mass is 10.0. The molecule has 0 aromatic rings. The van der Waals surface area contributed by atoms with E-state index in [4.69, 9.17) is 6.42 Å². The summed E-state index contributed by atoms with van der Waals surface area (Å²) in [5.74, 6) is 2.61. The molecule has 80 valence electrons. The molecule has 1 aliphatic carbocycles. The zero-order chi connectivity index (χ0) is 10.2. The van der Waals surface area contributed by atoms with Crippen molar-refractivity contribution in [2.45, 2.75) is 49.5 Å². The molecular weight excluding hydrogens is 190 g/mol. The molecule has 1 fully saturated rings. The van der Waals surface area contributed by atoms with Crippen molar-refractivity contribution >= 4 is 11.8 Å². The summed E-state index contributed by atoms with van der Waals surface area (Å²) in [5, 5.41) is 4.88. The summed E-state index contributed by atoms with van der Waals surface area (Å²) in [6.07, 6.45) is 12.3.